The van der Waals surface area contributed by atoms with Crippen molar-refractivity contribution in [2.24, 2.45) is 5.73 Å². The maximum Gasteiger partial charge on any atom is 0.327 e. The van der Waals surface area contributed by atoms with Gasteiger partial charge in [0.05, 0.1) is 13.5 Å². The average Bonchev–Trinajstić information content (AvgIpc) is 3.04. The number of nitrogens with two attached hydrogens (primary N) is 1. The highest BCUT2D eigenvalue weighted by atomic mass is 35.5. The zero-order valence-electron chi connectivity index (χ0n) is 15.4. The van der Waals surface area contributed by atoms with Gasteiger partial charge in [-0.3, -0.25) is 9.69 Å². The van der Waals surface area contributed by atoms with Crippen LogP contribution in [0.25, 0.3) is 0 Å². The molecule has 0 fully saturated rings. The van der Waals surface area contributed by atoms with Crippen LogP contribution in [-0.2, 0) is 27.3 Å². The van der Waals surface area contributed by atoms with Crippen LogP contribution in [0.4, 0.5) is 0 Å². The van der Waals surface area contributed by atoms with Gasteiger partial charge < -0.3 is 15.2 Å². The lowest BCUT2D eigenvalue weighted by molar-refractivity contribution is -0.147. The minimum atomic E-state index is -0.583. The van der Waals surface area contributed by atoms with Gasteiger partial charge in [0.25, 0.3) is 0 Å². The van der Waals surface area contributed by atoms with E-state index >= 15 is 0 Å². The summed E-state index contributed by atoms with van der Waals surface area (Å²) in [5, 5.41) is 1.09. The van der Waals surface area contributed by atoms with E-state index in [-0.39, 0.29) is 37.3 Å². The fraction of sp³-hybridized carbons (Fsp3) is 0.368. The molecule has 2 N–H and O–H groups in total. The third kappa shape index (κ3) is 5.04. The average molecular weight is 445 g/mol. The van der Waals surface area contributed by atoms with Crippen molar-refractivity contribution in [3.05, 3.63) is 51.4 Å². The van der Waals surface area contributed by atoms with E-state index in [1.165, 1.54) is 18.4 Å². The number of methoxy groups -OCH3 is 1. The number of fused-ring (bicyclic) bond motifs is 1. The first-order valence-electron chi connectivity index (χ1n) is 8.62. The highest BCUT2D eigenvalue weighted by Crippen LogP contribution is 2.37. The number of nitrogens with zero attached hydrogens (tertiary/aromatic N) is 1. The first-order chi connectivity index (χ1) is 13.0. The van der Waals surface area contributed by atoms with Gasteiger partial charge in [-0.05, 0) is 29.7 Å². The monoisotopic (exact) mass is 444 g/mol. The van der Waals surface area contributed by atoms with Gasteiger partial charge in [0.2, 0.25) is 0 Å². The molecule has 0 unspecified atom stereocenters. The number of hydrogen-bond donors (Lipinski definition) is 1. The van der Waals surface area contributed by atoms with Crippen molar-refractivity contribution in [3.8, 4) is 5.06 Å². The van der Waals surface area contributed by atoms with Gasteiger partial charge in [-0.25, -0.2) is 4.79 Å². The Hall–Kier alpha value is -1.64. The summed E-state index contributed by atoms with van der Waals surface area (Å²) in [5.74, 6) is -0.687. The Labute approximate surface area is 179 Å². The van der Waals surface area contributed by atoms with E-state index in [0.29, 0.717) is 23.2 Å². The lowest BCUT2D eigenvalue weighted by Crippen LogP contribution is -2.38. The van der Waals surface area contributed by atoms with Crippen molar-refractivity contribution < 1.29 is 19.1 Å². The Balaban J connectivity index is 0.00000280. The molecule has 1 aromatic heterocycles. The van der Waals surface area contributed by atoms with Crippen molar-refractivity contribution in [1.29, 1.82) is 0 Å². The van der Waals surface area contributed by atoms with Gasteiger partial charge >= 0.3 is 11.9 Å². The minimum Gasteiger partial charge on any atom is -0.468 e. The number of carbonyl (C=O) groups excluding carboxylic acids is 2. The predicted octanol–water partition coefficient (Wildman–Crippen LogP) is 3.35. The van der Waals surface area contributed by atoms with Crippen molar-refractivity contribution in [2.45, 2.75) is 25.4 Å². The third-order valence-electron chi connectivity index (χ3n) is 4.43. The lowest BCUT2D eigenvalue weighted by atomic mass is 10.0. The molecule has 0 saturated heterocycles. The molecule has 1 aromatic carbocycles. The predicted molar refractivity (Wildman–Crippen MR) is 111 cm³/mol. The fourth-order valence-electron chi connectivity index (χ4n) is 3.16. The van der Waals surface area contributed by atoms with Crippen LogP contribution in [0.3, 0.4) is 0 Å². The van der Waals surface area contributed by atoms with E-state index in [9.17, 15) is 9.59 Å². The van der Waals surface area contributed by atoms with E-state index in [1.54, 1.807) is 6.07 Å². The summed E-state index contributed by atoms with van der Waals surface area (Å²) in [5.41, 5.74) is 7.15. The van der Waals surface area contributed by atoms with Gasteiger partial charge in [-0.15, -0.1) is 23.7 Å². The van der Waals surface area contributed by atoms with Crippen molar-refractivity contribution >= 4 is 47.3 Å². The van der Waals surface area contributed by atoms with E-state index in [4.69, 9.17) is 26.8 Å². The number of thiophene rings is 1. The van der Waals surface area contributed by atoms with E-state index < -0.39 is 6.04 Å². The SMILES string of the molecule is COC(=O)[C@H](c1ccccc1Cl)N1CCc2sc(OC(=O)CCN)cc2C1.Cl. The van der Waals surface area contributed by atoms with Gasteiger partial charge in [0, 0.05) is 29.5 Å². The Morgan fingerprint density at radius 3 is 2.79 bits per heavy atom. The summed E-state index contributed by atoms with van der Waals surface area (Å²) >= 11 is 7.79. The minimum absolute atomic E-state index is 0. The van der Waals surface area contributed by atoms with Crippen LogP contribution in [0.1, 0.15) is 28.5 Å². The first kappa shape index (κ1) is 22.6. The molecule has 152 valence electrons. The molecule has 3 rings (SSSR count). The quantitative estimate of drug-likeness (QED) is 0.687. The first-order valence-corrected chi connectivity index (χ1v) is 9.81. The second-order valence-electron chi connectivity index (χ2n) is 6.19. The Kier molecular flexibility index (Phi) is 8.27. The van der Waals surface area contributed by atoms with Crippen molar-refractivity contribution in [3.63, 3.8) is 0 Å². The number of rotatable bonds is 6. The molecular formula is C19H22Cl2N2O4S. The van der Waals surface area contributed by atoms with E-state index in [2.05, 4.69) is 0 Å². The number of carbonyl (C=O) groups is 2. The molecule has 1 aliphatic rings. The smallest absolute Gasteiger partial charge is 0.327 e. The van der Waals surface area contributed by atoms with Gasteiger partial charge in [0.1, 0.15) is 6.04 Å². The van der Waals surface area contributed by atoms with Crippen molar-refractivity contribution in [2.75, 3.05) is 20.2 Å². The molecule has 0 saturated carbocycles. The highest BCUT2D eigenvalue weighted by molar-refractivity contribution is 7.14. The largest absolute Gasteiger partial charge is 0.468 e. The Morgan fingerprint density at radius 2 is 2.11 bits per heavy atom. The number of esters is 2. The molecule has 0 spiro atoms. The second kappa shape index (κ2) is 10.2. The number of halogens is 2. The van der Waals surface area contributed by atoms with Crippen LogP contribution in [0, 0.1) is 0 Å². The summed E-state index contributed by atoms with van der Waals surface area (Å²) in [4.78, 5) is 27.4. The van der Waals surface area contributed by atoms with Crippen LogP contribution >= 0.6 is 35.3 Å². The second-order valence-corrected chi connectivity index (χ2v) is 7.70. The summed E-state index contributed by atoms with van der Waals surface area (Å²) < 4.78 is 10.4. The molecule has 9 heteroatoms. The molecule has 28 heavy (non-hydrogen) atoms. The summed E-state index contributed by atoms with van der Waals surface area (Å²) in [6.45, 7) is 1.48. The molecule has 0 bridgehead atoms. The van der Waals surface area contributed by atoms with E-state index in [0.717, 1.165) is 22.4 Å². The molecule has 6 nitrogen and oxygen atoms in total. The van der Waals surface area contributed by atoms with Crippen LogP contribution in [0.5, 0.6) is 5.06 Å². The van der Waals surface area contributed by atoms with Gasteiger partial charge in [-0.2, -0.15) is 0 Å². The molecular weight excluding hydrogens is 423 g/mol. The molecule has 0 aliphatic carbocycles. The number of ether oxygens (including phenoxy) is 2. The standard InChI is InChI=1S/C19H21ClN2O4S.ClH/c1-25-19(24)18(13-4-2-3-5-14(13)20)22-9-7-15-12(11-22)10-17(27-15)26-16(23)6-8-21;/h2-5,10,18H,6-9,11,21H2,1H3;1H/t18-;/m0./s1. The topological polar surface area (TPSA) is 81.9 Å². The molecule has 0 amide bonds. The van der Waals surface area contributed by atoms with Gasteiger partial charge in [0.15, 0.2) is 5.06 Å². The zero-order valence-corrected chi connectivity index (χ0v) is 17.7. The lowest BCUT2D eigenvalue weighted by Gasteiger charge is -2.33. The summed E-state index contributed by atoms with van der Waals surface area (Å²) in [6, 6.07) is 8.57. The molecule has 1 aliphatic heterocycles. The highest BCUT2D eigenvalue weighted by Gasteiger charge is 2.33. The van der Waals surface area contributed by atoms with Crippen LogP contribution in [0.15, 0.2) is 30.3 Å². The third-order valence-corrected chi connectivity index (χ3v) is 5.89. The van der Waals surface area contributed by atoms with Crippen LogP contribution in [-0.4, -0.2) is 37.0 Å². The fourth-order valence-corrected chi connectivity index (χ4v) is 4.43. The summed E-state index contributed by atoms with van der Waals surface area (Å²) in [6.07, 6.45) is 0.942. The number of hydrogen-bond acceptors (Lipinski definition) is 7. The molecule has 1 atom stereocenters. The van der Waals surface area contributed by atoms with Crippen molar-refractivity contribution in [1.82, 2.24) is 4.90 Å². The zero-order chi connectivity index (χ0) is 19.4. The Morgan fingerprint density at radius 1 is 1.36 bits per heavy atom. The van der Waals surface area contributed by atoms with Crippen LogP contribution in [0.2, 0.25) is 5.02 Å². The summed E-state index contributed by atoms with van der Waals surface area (Å²) in [7, 11) is 1.38. The van der Waals surface area contributed by atoms with Crippen LogP contribution < -0.4 is 10.5 Å². The molecule has 2 aromatic rings. The molecule has 2 heterocycles. The maximum atomic E-state index is 12.5. The normalized spacial score (nSPS) is 14.5. The molecule has 0 radical (unpaired) electrons. The van der Waals surface area contributed by atoms with E-state index in [1.807, 2.05) is 29.2 Å². The van der Waals surface area contributed by atoms with Gasteiger partial charge in [-0.1, -0.05) is 29.8 Å². The number of benzene rings is 1. The Bertz CT molecular complexity index is 843. The maximum absolute atomic E-state index is 12.5.